The van der Waals surface area contributed by atoms with Crippen molar-refractivity contribution in [3.05, 3.63) is 20.2 Å². The van der Waals surface area contributed by atoms with Crippen LogP contribution in [0.3, 0.4) is 0 Å². The van der Waals surface area contributed by atoms with Crippen molar-refractivity contribution in [3.63, 3.8) is 0 Å². The van der Waals surface area contributed by atoms with Crippen LogP contribution in [0.5, 0.6) is 0 Å². The lowest BCUT2D eigenvalue weighted by Gasteiger charge is -2.19. The Morgan fingerprint density at radius 3 is 2.47 bits per heavy atom. The van der Waals surface area contributed by atoms with Gasteiger partial charge in [-0.05, 0) is 0 Å². The second-order valence-electron chi connectivity index (χ2n) is 5.10. The quantitative estimate of drug-likeness (QED) is 0.833. The Bertz CT molecular complexity index is 371. The van der Waals surface area contributed by atoms with Crippen LogP contribution in [0.1, 0.15) is 45.2 Å². The largest absolute Gasteiger partial charge is 0.316 e. The lowest BCUT2D eigenvalue weighted by molar-refractivity contribution is 0.545. The maximum atomic E-state index is 11.3. The fourth-order valence-corrected chi connectivity index (χ4v) is 2.38. The van der Waals surface area contributed by atoms with Crippen molar-refractivity contribution in [1.82, 2.24) is 10.3 Å². The molecule has 1 aromatic heterocycles. The van der Waals surface area contributed by atoms with Crippen molar-refractivity contribution in [2.75, 3.05) is 0 Å². The molecule has 4 heteroatoms. The molecule has 0 aliphatic rings. The Kier molecular flexibility index (Phi) is 3.73. The molecule has 3 nitrogen and oxygen atoms in total. The SMILES string of the molecule is CC(C)NCc1sc(=O)[nH]c1C(C)(C)C. The molecular formula is C11H20N2OS. The maximum absolute atomic E-state index is 11.3. The highest BCUT2D eigenvalue weighted by molar-refractivity contribution is 7.09. The third kappa shape index (κ3) is 3.47. The summed E-state index contributed by atoms with van der Waals surface area (Å²) in [6.45, 7) is 11.3. The zero-order chi connectivity index (χ0) is 11.6. The Balaban J connectivity index is 2.92. The minimum Gasteiger partial charge on any atom is -0.316 e. The second-order valence-corrected chi connectivity index (χ2v) is 6.17. The average Bonchev–Trinajstić information content (AvgIpc) is 2.42. The van der Waals surface area contributed by atoms with Crippen LogP contribution in [0.25, 0.3) is 0 Å². The molecule has 0 fully saturated rings. The molecule has 1 rings (SSSR count). The summed E-state index contributed by atoms with van der Waals surface area (Å²) in [5.41, 5.74) is 1.07. The highest BCUT2D eigenvalue weighted by Gasteiger charge is 2.21. The minimum absolute atomic E-state index is 0.00710. The second kappa shape index (κ2) is 4.49. The molecule has 0 bridgehead atoms. The summed E-state index contributed by atoms with van der Waals surface area (Å²) in [5.74, 6) is 0. The molecule has 0 aromatic carbocycles. The average molecular weight is 228 g/mol. The van der Waals surface area contributed by atoms with Crippen LogP contribution in [-0.4, -0.2) is 11.0 Å². The predicted octanol–water partition coefficient (Wildman–Crippen LogP) is 2.23. The molecule has 1 aromatic rings. The van der Waals surface area contributed by atoms with Gasteiger partial charge < -0.3 is 10.3 Å². The summed E-state index contributed by atoms with van der Waals surface area (Å²) in [6, 6.07) is 0.440. The van der Waals surface area contributed by atoms with Crippen LogP contribution in [0.2, 0.25) is 0 Å². The van der Waals surface area contributed by atoms with Crippen molar-refractivity contribution in [2.45, 2.75) is 52.6 Å². The smallest absolute Gasteiger partial charge is 0.305 e. The molecule has 0 aliphatic carbocycles. The number of aromatic nitrogens is 1. The highest BCUT2D eigenvalue weighted by atomic mass is 32.1. The number of rotatable bonds is 3. The first kappa shape index (κ1) is 12.5. The van der Waals surface area contributed by atoms with E-state index in [4.69, 9.17) is 0 Å². The summed E-state index contributed by atoms with van der Waals surface area (Å²) in [7, 11) is 0. The Hall–Kier alpha value is -0.610. The lowest BCUT2D eigenvalue weighted by atomic mass is 9.91. The van der Waals surface area contributed by atoms with Gasteiger partial charge in [0.1, 0.15) is 0 Å². The van der Waals surface area contributed by atoms with Gasteiger partial charge in [-0.2, -0.15) is 0 Å². The van der Waals surface area contributed by atoms with Gasteiger partial charge in [-0.3, -0.25) is 4.79 Å². The van der Waals surface area contributed by atoms with Crippen molar-refractivity contribution >= 4 is 11.3 Å². The fourth-order valence-electron chi connectivity index (χ4n) is 1.39. The van der Waals surface area contributed by atoms with Gasteiger partial charge in [0, 0.05) is 28.6 Å². The van der Waals surface area contributed by atoms with Crippen LogP contribution < -0.4 is 10.2 Å². The van der Waals surface area contributed by atoms with Crippen molar-refractivity contribution in [3.8, 4) is 0 Å². The van der Waals surface area contributed by atoms with E-state index in [-0.39, 0.29) is 10.3 Å². The van der Waals surface area contributed by atoms with E-state index in [1.54, 1.807) is 0 Å². The molecule has 0 radical (unpaired) electrons. The molecule has 0 saturated carbocycles. The molecule has 0 saturated heterocycles. The number of H-pyrrole nitrogens is 1. The van der Waals surface area contributed by atoms with Crippen molar-refractivity contribution in [2.24, 2.45) is 0 Å². The molecular weight excluding hydrogens is 208 g/mol. The van der Waals surface area contributed by atoms with Crippen LogP contribution in [0, 0.1) is 0 Å². The number of nitrogens with one attached hydrogen (secondary N) is 2. The molecule has 0 unspecified atom stereocenters. The van der Waals surface area contributed by atoms with Gasteiger partial charge in [0.15, 0.2) is 0 Å². The summed E-state index contributed by atoms with van der Waals surface area (Å²) in [5, 5.41) is 3.34. The van der Waals surface area contributed by atoms with Crippen LogP contribution in [0.15, 0.2) is 4.79 Å². The molecule has 0 aliphatic heterocycles. The standard InChI is InChI=1S/C11H20N2OS/c1-7(2)12-6-8-9(11(3,4)5)13-10(14)15-8/h7,12H,6H2,1-5H3,(H,13,14). The zero-order valence-corrected chi connectivity index (χ0v) is 10.9. The Morgan fingerprint density at radius 1 is 1.40 bits per heavy atom. The third-order valence-corrected chi connectivity index (χ3v) is 3.02. The van der Waals surface area contributed by atoms with Crippen molar-refractivity contribution in [1.29, 1.82) is 0 Å². The van der Waals surface area contributed by atoms with E-state index in [1.165, 1.54) is 11.3 Å². The number of hydrogen-bond acceptors (Lipinski definition) is 3. The van der Waals surface area contributed by atoms with E-state index in [0.717, 1.165) is 17.1 Å². The van der Waals surface area contributed by atoms with Crippen LogP contribution in [0.4, 0.5) is 0 Å². The Labute approximate surface area is 94.9 Å². The molecule has 15 heavy (non-hydrogen) atoms. The van der Waals surface area contributed by atoms with Gasteiger partial charge in [0.25, 0.3) is 0 Å². The van der Waals surface area contributed by atoms with E-state index in [0.29, 0.717) is 6.04 Å². The molecule has 0 spiro atoms. The predicted molar refractivity (Wildman–Crippen MR) is 65.6 cm³/mol. The highest BCUT2D eigenvalue weighted by Crippen LogP contribution is 2.24. The van der Waals surface area contributed by atoms with Gasteiger partial charge in [-0.1, -0.05) is 46.0 Å². The van der Waals surface area contributed by atoms with Gasteiger partial charge >= 0.3 is 4.87 Å². The van der Waals surface area contributed by atoms with E-state index >= 15 is 0 Å². The molecule has 0 amide bonds. The number of hydrogen-bond donors (Lipinski definition) is 2. The monoisotopic (exact) mass is 228 g/mol. The fraction of sp³-hybridized carbons (Fsp3) is 0.727. The number of thiazole rings is 1. The van der Waals surface area contributed by atoms with Gasteiger partial charge in [-0.15, -0.1) is 0 Å². The minimum atomic E-state index is 0.00710. The lowest BCUT2D eigenvalue weighted by Crippen LogP contribution is -2.24. The Morgan fingerprint density at radius 2 is 2.00 bits per heavy atom. The number of aromatic amines is 1. The van der Waals surface area contributed by atoms with Crippen LogP contribution >= 0.6 is 11.3 Å². The molecule has 0 atom stereocenters. The first-order valence-corrected chi connectivity index (χ1v) is 6.08. The summed E-state index contributed by atoms with van der Waals surface area (Å²) in [4.78, 5) is 15.4. The van der Waals surface area contributed by atoms with E-state index in [2.05, 4.69) is 44.9 Å². The topological polar surface area (TPSA) is 44.9 Å². The normalized spacial score (nSPS) is 12.4. The molecule has 86 valence electrons. The summed E-state index contributed by atoms with van der Waals surface area (Å²) >= 11 is 1.31. The first-order valence-electron chi connectivity index (χ1n) is 5.26. The third-order valence-electron chi connectivity index (χ3n) is 2.14. The molecule has 1 heterocycles. The summed E-state index contributed by atoms with van der Waals surface area (Å²) < 4.78 is 0. The van der Waals surface area contributed by atoms with Gasteiger partial charge in [-0.25, -0.2) is 0 Å². The first-order chi connectivity index (χ1) is 6.80. The zero-order valence-electron chi connectivity index (χ0n) is 10.1. The van der Waals surface area contributed by atoms with E-state index in [1.807, 2.05) is 0 Å². The van der Waals surface area contributed by atoms with Gasteiger partial charge in [0.2, 0.25) is 0 Å². The molecule has 2 N–H and O–H groups in total. The van der Waals surface area contributed by atoms with E-state index in [9.17, 15) is 4.79 Å². The van der Waals surface area contributed by atoms with Crippen LogP contribution in [-0.2, 0) is 12.0 Å². The maximum Gasteiger partial charge on any atom is 0.305 e. The van der Waals surface area contributed by atoms with Crippen molar-refractivity contribution < 1.29 is 0 Å². The summed E-state index contributed by atoms with van der Waals surface area (Å²) in [6.07, 6.45) is 0. The van der Waals surface area contributed by atoms with E-state index < -0.39 is 0 Å². The van der Waals surface area contributed by atoms with Gasteiger partial charge in [0.05, 0.1) is 0 Å².